The fourth-order valence-electron chi connectivity index (χ4n) is 2.17. The van der Waals surface area contributed by atoms with Crippen LogP contribution < -0.4 is 10.6 Å². The van der Waals surface area contributed by atoms with Crippen molar-refractivity contribution in [2.75, 3.05) is 11.4 Å². The molecule has 0 aliphatic heterocycles. The van der Waals surface area contributed by atoms with Gasteiger partial charge < -0.3 is 15.8 Å². The van der Waals surface area contributed by atoms with Crippen molar-refractivity contribution in [3.8, 4) is 0 Å². The highest BCUT2D eigenvalue weighted by Gasteiger charge is 2.30. The lowest BCUT2D eigenvalue weighted by Crippen LogP contribution is -2.30. The Balaban J connectivity index is 2.26. The van der Waals surface area contributed by atoms with E-state index in [-0.39, 0.29) is 5.84 Å². The summed E-state index contributed by atoms with van der Waals surface area (Å²) in [6.07, 6.45) is 7.03. The lowest BCUT2D eigenvalue weighted by Gasteiger charge is -2.27. The number of hydrogen-bond donors (Lipinski definition) is 2. The Labute approximate surface area is 114 Å². The van der Waals surface area contributed by atoms with E-state index in [0.717, 1.165) is 24.2 Å². The van der Waals surface area contributed by atoms with Crippen molar-refractivity contribution < 1.29 is 5.21 Å². The van der Waals surface area contributed by atoms with Crippen molar-refractivity contribution in [1.29, 1.82) is 0 Å². The van der Waals surface area contributed by atoms with Gasteiger partial charge in [0.25, 0.3) is 0 Å². The lowest BCUT2D eigenvalue weighted by atomic mass is 10.1. The molecule has 1 saturated carbocycles. The van der Waals surface area contributed by atoms with Gasteiger partial charge in [-0.2, -0.15) is 0 Å². The second-order valence-electron chi connectivity index (χ2n) is 5.49. The standard InChI is InChI=1S/C14H22N4O/c1-10(2)6-8-18(11-3-4-11)13-9-16-7-5-12(13)14(15)17-19/h5,7,9-11,19H,3-4,6,8H2,1-2H3,(H2,15,17). The fraction of sp³-hybridized carbons (Fsp3) is 0.571. The van der Waals surface area contributed by atoms with E-state index in [4.69, 9.17) is 10.9 Å². The highest BCUT2D eigenvalue weighted by Crippen LogP contribution is 2.33. The van der Waals surface area contributed by atoms with Crippen molar-refractivity contribution in [2.24, 2.45) is 16.8 Å². The highest BCUT2D eigenvalue weighted by atomic mass is 16.4. The van der Waals surface area contributed by atoms with Crippen LogP contribution in [0.1, 0.15) is 38.7 Å². The first-order valence-electron chi connectivity index (χ1n) is 6.82. The van der Waals surface area contributed by atoms with Crippen LogP contribution in [-0.2, 0) is 0 Å². The zero-order valence-corrected chi connectivity index (χ0v) is 11.6. The molecule has 0 spiro atoms. The van der Waals surface area contributed by atoms with Crippen molar-refractivity contribution >= 4 is 11.5 Å². The number of anilines is 1. The van der Waals surface area contributed by atoms with Gasteiger partial charge in [0.05, 0.1) is 11.9 Å². The maximum Gasteiger partial charge on any atom is 0.172 e. The van der Waals surface area contributed by atoms with Gasteiger partial charge in [-0.1, -0.05) is 19.0 Å². The molecule has 1 heterocycles. The molecule has 0 radical (unpaired) electrons. The van der Waals surface area contributed by atoms with Crippen LogP contribution >= 0.6 is 0 Å². The number of aromatic nitrogens is 1. The second-order valence-corrected chi connectivity index (χ2v) is 5.49. The Morgan fingerprint density at radius 2 is 2.32 bits per heavy atom. The van der Waals surface area contributed by atoms with Crippen molar-refractivity contribution in [1.82, 2.24) is 4.98 Å². The maximum absolute atomic E-state index is 8.89. The van der Waals surface area contributed by atoms with Gasteiger partial charge in [-0.3, -0.25) is 4.98 Å². The summed E-state index contributed by atoms with van der Waals surface area (Å²) in [5.41, 5.74) is 7.49. The first kappa shape index (κ1) is 13.6. The first-order chi connectivity index (χ1) is 9.13. The van der Waals surface area contributed by atoms with Gasteiger partial charge in [0.2, 0.25) is 0 Å². The van der Waals surface area contributed by atoms with Crippen molar-refractivity contribution in [3.05, 3.63) is 24.0 Å². The molecule has 0 bridgehead atoms. The molecular weight excluding hydrogens is 240 g/mol. The molecule has 3 N–H and O–H groups in total. The van der Waals surface area contributed by atoms with Gasteiger partial charge in [0.15, 0.2) is 5.84 Å². The summed E-state index contributed by atoms with van der Waals surface area (Å²) >= 11 is 0. The van der Waals surface area contributed by atoms with Gasteiger partial charge in [0, 0.05) is 24.3 Å². The van der Waals surface area contributed by atoms with Crippen LogP contribution in [0.4, 0.5) is 5.69 Å². The molecule has 1 aliphatic carbocycles. The number of nitrogens with two attached hydrogens (primary N) is 1. The molecule has 0 amide bonds. The van der Waals surface area contributed by atoms with Crippen molar-refractivity contribution in [2.45, 2.75) is 39.2 Å². The molecule has 0 unspecified atom stereocenters. The average Bonchev–Trinajstić information content (AvgIpc) is 3.23. The molecule has 0 aromatic carbocycles. The van der Waals surface area contributed by atoms with Crippen LogP contribution in [0.15, 0.2) is 23.6 Å². The van der Waals surface area contributed by atoms with Crippen LogP contribution in [0.2, 0.25) is 0 Å². The van der Waals surface area contributed by atoms with Gasteiger partial charge in [-0.15, -0.1) is 0 Å². The molecule has 104 valence electrons. The van der Waals surface area contributed by atoms with Crippen molar-refractivity contribution in [3.63, 3.8) is 0 Å². The van der Waals surface area contributed by atoms with Gasteiger partial charge >= 0.3 is 0 Å². The quantitative estimate of drug-likeness (QED) is 0.357. The van der Waals surface area contributed by atoms with E-state index in [1.54, 1.807) is 12.3 Å². The van der Waals surface area contributed by atoms with Gasteiger partial charge in [-0.25, -0.2) is 0 Å². The topological polar surface area (TPSA) is 74.7 Å². The summed E-state index contributed by atoms with van der Waals surface area (Å²) in [7, 11) is 0. The van der Waals surface area contributed by atoms with E-state index < -0.39 is 0 Å². The van der Waals surface area contributed by atoms with Gasteiger partial charge in [0.1, 0.15) is 0 Å². The number of amidine groups is 1. The molecule has 1 aliphatic rings. The van der Waals surface area contributed by atoms with Crippen LogP contribution in [0.25, 0.3) is 0 Å². The van der Waals surface area contributed by atoms with E-state index in [1.807, 2.05) is 6.20 Å². The molecule has 1 fully saturated rings. The third kappa shape index (κ3) is 3.36. The van der Waals surface area contributed by atoms with E-state index in [0.29, 0.717) is 12.0 Å². The molecule has 1 aromatic heterocycles. The van der Waals surface area contributed by atoms with Crippen LogP contribution in [0, 0.1) is 5.92 Å². The Kier molecular flexibility index (Phi) is 4.24. The molecule has 2 rings (SSSR count). The summed E-state index contributed by atoms with van der Waals surface area (Å²) in [5.74, 6) is 0.804. The number of rotatable bonds is 6. The Morgan fingerprint density at radius 1 is 1.58 bits per heavy atom. The van der Waals surface area contributed by atoms with Gasteiger partial charge in [-0.05, 0) is 31.2 Å². The third-order valence-corrected chi connectivity index (χ3v) is 3.43. The normalized spacial score (nSPS) is 15.8. The average molecular weight is 262 g/mol. The molecule has 5 heteroatoms. The summed E-state index contributed by atoms with van der Waals surface area (Å²) in [6, 6.07) is 2.38. The fourth-order valence-corrected chi connectivity index (χ4v) is 2.17. The summed E-state index contributed by atoms with van der Waals surface area (Å²) < 4.78 is 0. The van der Waals surface area contributed by atoms with Crippen LogP contribution in [-0.4, -0.2) is 28.6 Å². The first-order valence-corrected chi connectivity index (χ1v) is 6.82. The van der Waals surface area contributed by atoms with Crippen LogP contribution in [0.5, 0.6) is 0 Å². The Hall–Kier alpha value is -1.78. The number of nitrogens with zero attached hydrogens (tertiary/aromatic N) is 3. The smallest absolute Gasteiger partial charge is 0.172 e. The Morgan fingerprint density at radius 3 is 2.89 bits per heavy atom. The molecular formula is C14H22N4O. The van der Waals surface area contributed by atoms with E-state index in [2.05, 4.69) is 28.9 Å². The minimum Gasteiger partial charge on any atom is -0.409 e. The molecule has 5 nitrogen and oxygen atoms in total. The monoisotopic (exact) mass is 262 g/mol. The zero-order chi connectivity index (χ0) is 13.8. The molecule has 1 aromatic rings. The predicted octanol–water partition coefficient (Wildman–Crippen LogP) is 2.19. The molecule has 0 saturated heterocycles. The predicted molar refractivity (Wildman–Crippen MR) is 76.6 cm³/mol. The summed E-state index contributed by atoms with van der Waals surface area (Å²) in [5, 5.41) is 12.0. The van der Waals surface area contributed by atoms with E-state index in [9.17, 15) is 0 Å². The number of oxime groups is 1. The largest absolute Gasteiger partial charge is 0.409 e. The minimum absolute atomic E-state index is 0.146. The number of hydrogen-bond acceptors (Lipinski definition) is 4. The SMILES string of the molecule is CC(C)CCN(c1cnccc1/C(N)=N/O)C1CC1. The third-order valence-electron chi connectivity index (χ3n) is 3.43. The van der Waals surface area contributed by atoms with Crippen LogP contribution in [0.3, 0.4) is 0 Å². The summed E-state index contributed by atoms with van der Waals surface area (Å²) in [4.78, 5) is 6.53. The Bertz CT molecular complexity index is 455. The van der Waals surface area contributed by atoms with E-state index in [1.165, 1.54) is 12.8 Å². The van der Waals surface area contributed by atoms with E-state index >= 15 is 0 Å². The maximum atomic E-state index is 8.89. The lowest BCUT2D eigenvalue weighted by molar-refractivity contribution is 0.318. The molecule has 19 heavy (non-hydrogen) atoms. The second kappa shape index (κ2) is 5.91. The zero-order valence-electron chi connectivity index (χ0n) is 11.6. The molecule has 0 atom stereocenters. The summed E-state index contributed by atoms with van der Waals surface area (Å²) in [6.45, 7) is 5.43. The minimum atomic E-state index is 0.146. The highest BCUT2D eigenvalue weighted by molar-refractivity contribution is 6.02. The number of pyridine rings is 1.